The first-order valence-electron chi connectivity index (χ1n) is 5.21. The van der Waals surface area contributed by atoms with E-state index < -0.39 is 0 Å². The fourth-order valence-electron chi connectivity index (χ4n) is 1.43. The van der Waals surface area contributed by atoms with Gasteiger partial charge in [0.2, 0.25) is 0 Å². The number of aromatic nitrogens is 2. The molecule has 0 spiro atoms. The lowest BCUT2D eigenvalue weighted by atomic mass is 10.1. The molecule has 0 aliphatic heterocycles. The molecular formula is C12H11N5S. The van der Waals surface area contributed by atoms with Gasteiger partial charge in [0.25, 0.3) is 0 Å². The maximum atomic E-state index is 5.39. The van der Waals surface area contributed by atoms with Gasteiger partial charge in [-0.15, -0.1) is 0 Å². The van der Waals surface area contributed by atoms with E-state index in [2.05, 4.69) is 20.5 Å². The largest absolute Gasteiger partial charge is 0.375 e. The van der Waals surface area contributed by atoms with Crippen LogP contribution >= 0.6 is 12.2 Å². The second-order valence-corrected chi connectivity index (χ2v) is 3.85. The van der Waals surface area contributed by atoms with Crippen molar-refractivity contribution in [3.8, 4) is 0 Å². The molecule has 0 aromatic carbocycles. The van der Waals surface area contributed by atoms with Gasteiger partial charge in [0.15, 0.2) is 5.11 Å². The van der Waals surface area contributed by atoms with E-state index in [0.29, 0.717) is 0 Å². The van der Waals surface area contributed by atoms with Gasteiger partial charge in [-0.05, 0) is 36.5 Å². The third-order valence-electron chi connectivity index (χ3n) is 2.19. The first-order chi connectivity index (χ1) is 8.77. The lowest BCUT2D eigenvalue weighted by molar-refractivity contribution is 1.03. The molecule has 0 amide bonds. The number of thiocarbonyl (C=S) groups is 1. The Labute approximate surface area is 110 Å². The number of hydrazone groups is 1. The Morgan fingerprint density at radius 1 is 1.00 bits per heavy atom. The van der Waals surface area contributed by atoms with Crippen molar-refractivity contribution in [3.05, 3.63) is 60.2 Å². The van der Waals surface area contributed by atoms with Crippen LogP contribution in [-0.2, 0) is 0 Å². The summed E-state index contributed by atoms with van der Waals surface area (Å²) in [7, 11) is 0. The summed E-state index contributed by atoms with van der Waals surface area (Å²) in [5.74, 6) is 0. The van der Waals surface area contributed by atoms with E-state index >= 15 is 0 Å². The average Bonchev–Trinajstić information content (AvgIpc) is 2.41. The molecule has 2 aromatic heterocycles. The van der Waals surface area contributed by atoms with Gasteiger partial charge in [-0.3, -0.25) is 15.4 Å². The van der Waals surface area contributed by atoms with Crippen molar-refractivity contribution in [3.63, 3.8) is 0 Å². The zero-order valence-corrected chi connectivity index (χ0v) is 10.3. The summed E-state index contributed by atoms with van der Waals surface area (Å²) < 4.78 is 0. The Kier molecular flexibility index (Phi) is 3.93. The molecule has 3 N–H and O–H groups in total. The predicted octanol–water partition coefficient (Wildman–Crippen LogP) is 1.06. The number of hydrogen-bond donors (Lipinski definition) is 2. The molecule has 5 nitrogen and oxygen atoms in total. The molecule has 90 valence electrons. The number of nitrogens with one attached hydrogen (secondary N) is 1. The van der Waals surface area contributed by atoms with Crippen molar-refractivity contribution in [2.75, 3.05) is 0 Å². The minimum atomic E-state index is 0.121. The van der Waals surface area contributed by atoms with Crippen LogP contribution in [-0.4, -0.2) is 20.8 Å². The lowest BCUT2D eigenvalue weighted by Gasteiger charge is -2.06. The van der Waals surface area contributed by atoms with Gasteiger partial charge in [0.1, 0.15) is 0 Å². The molecule has 0 aliphatic carbocycles. The van der Waals surface area contributed by atoms with Crippen molar-refractivity contribution < 1.29 is 0 Å². The van der Waals surface area contributed by atoms with Crippen LogP contribution in [0.15, 0.2) is 54.2 Å². The zero-order chi connectivity index (χ0) is 12.8. The number of rotatable bonds is 3. The molecule has 2 heterocycles. The molecule has 0 unspecified atom stereocenters. The van der Waals surface area contributed by atoms with E-state index in [1.807, 2.05) is 24.3 Å². The van der Waals surface area contributed by atoms with Crippen LogP contribution in [0.3, 0.4) is 0 Å². The topological polar surface area (TPSA) is 76.2 Å². The van der Waals surface area contributed by atoms with Gasteiger partial charge in [0.05, 0.1) is 5.71 Å². The molecule has 0 saturated carbocycles. The molecule has 0 aliphatic rings. The van der Waals surface area contributed by atoms with Crippen LogP contribution < -0.4 is 11.2 Å². The predicted molar refractivity (Wildman–Crippen MR) is 74.0 cm³/mol. The van der Waals surface area contributed by atoms with Crippen LogP contribution in [0.5, 0.6) is 0 Å². The quantitative estimate of drug-likeness (QED) is 0.488. The standard InChI is InChI=1S/C12H11N5S/c13-12(18)17-16-11(9-1-5-14-6-2-9)10-3-7-15-8-4-10/h1-8H,(H3,13,17,18). The average molecular weight is 257 g/mol. The van der Waals surface area contributed by atoms with Crippen molar-refractivity contribution in [2.24, 2.45) is 10.8 Å². The Bertz CT molecular complexity index is 512. The van der Waals surface area contributed by atoms with Gasteiger partial charge < -0.3 is 5.73 Å². The maximum absolute atomic E-state index is 5.39. The third-order valence-corrected chi connectivity index (χ3v) is 2.28. The number of nitrogens with zero attached hydrogens (tertiary/aromatic N) is 3. The summed E-state index contributed by atoms with van der Waals surface area (Å²) in [5, 5.41) is 4.33. The molecule has 0 radical (unpaired) electrons. The molecule has 0 fully saturated rings. The van der Waals surface area contributed by atoms with Gasteiger partial charge in [-0.25, -0.2) is 0 Å². The van der Waals surface area contributed by atoms with E-state index in [1.54, 1.807) is 24.8 Å². The molecular weight excluding hydrogens is 246 g/mol. The van der Waals surface area contributed by atoms with Crippen LogP contribution in [0.2, 0.25) is 0 Å². The highest BCUT2D eigenvalue weighted by Gasteiger charge is 2.06. The van der Waals surface area contributed by atoms with E-state index in [-0.39, 0.29) is 5.11 Å². The van der Waals surface area contributed by atoms with E-state index in [4.69, 9.17) is 18.0 Å². The van der Waals surface area contributed by atoms with E-state index in [0.717, 1.165) is 16.8 Å². The summed E-state index contributed by atoms with van der Waals surface area (Å²) in [5.41, 5.74) is 10.5. The van der Waals surface area contributed by atoms with Gasteiger partial charge >= 0.3 is 0 Å². The normalized spacial score (nSPS) is 9.56. The highest BCUT2D eigenvalue weighted by molar-refractivity contribution is 7.80. The fraction of sp³-hybridized carbons (Fsp3) is 0. The Hall–Kier alpha value is -2.34. The smallest absolute Gasteiger partial charge is 0.184 e. The second-order valence-electron chi connectivity index (χ2n) is 3.41. The van der Waals surface area contributed by atoms with Crippen LogP contribution in [0.4, 0.5) is 0 Å². The Morgan fingerprint density at radius 3 is 1.83 bits per heavy atom. The van der Waals surface area contributed by atoms with E-state index in [9.17, 15) is 0 Å². The minimum Gasteiger partial charge on any atom is -0.375 e. The highest BCUT2D eigenvalue weighted by atomic mass is 32.1. The first kappa shape index (κ1) is 12.1. The third kappa shape index (κ3) is 3.08. The van der Waals surface area contributed by atoms with Crippen molar-refractivity contribution in [1.29, 1.82) is 0 Å². The summed E-state index contributed by atoms with van der Waals surface area (Å²) in [6.45, 7) is 0. The number of pyridine rings is 2. The number of hydrogen-bond acceptors (Lipinski definition) is 4. The van der Waals surface area contributed by atoms with Gasteiger partial charge in [-0.2, -0.15) is 5.10 Å². The fourth-order valence-corrected chi connectivity index (χ4v) is 1.47. The summed E-state index contributed by atoms with van der Waals surface area (Å²) in [4.78, 5) is 7.96. The van der Waals surface area contributed by atoms with E-state index in [1.165, 1.54) is 0 Å². The SMILES string of the molecule is NC(=S)NN=C(c1ccncc1)c1ccncc1. The second kappa shape index (κ2) is 5.83. The molecule has 0 saturated heterocycles. The van der Waals surface area contributed by atoms with Gasteiger partial charge in [0, 0.05) is 35.9 Å². The first-order valence-corrected chi connectivity index (χ1v) is 5.62. The molecule has 0 atom stereocenters. The highest BCUT2D eigenvalue weighted by Crippen LogP contribution is 2.08. The monoisotopic (exact) mass is 257 g/mol. The summed E-state index contributed by atoms with van der Waals surface area (Å²) in [6, 6.07) is 7.45. The zero-order valence-electron chi connectivity index (χ0n) is 9.45. The van der Waals surface area contributed by atoms with Crippen LogP contribution in [0.25, 0.3) is 0 Å². The molecule has 18 heavy (non-hydrogen) atoms. The number of nitrogens with two attached hydrogens (primary N) is 1. The van der Waals surface area contributed by atoms with Crippen LogP contribution in [0.1, 0.15) is 11.1 Å². The van der Waals surface area contributed by atoms with Crippen molar-refractivity contribution in [2.45, 2.75) is 0 Å². The lowest BCUT2D eigenvalue weighted by Crippen LogP contribution is -2.26. The minimum absolute atomic E-state index is 0.121. The Balaban J connectivity index is 2.42. The van der Waals surface area contributed by atoms with Crippen molar-refractivity contribution >= 4 is 23.0 Å². The van der Waals surface area contributed by atoms with Crippen LogP contribution in [0, 0.1) is 0 Å². The molecule has 2 rings (SSSR count). The molecule has 6 heteroatoms. The Morgan fingerprint density at radius 2 is 1.44 bits per heavy atom. The van der Waals surface area contributed by atoms with Crippen molar-refractivity contribution in [1.82, 2.24) is 15.4 Å². The molecule has 2 aromatic rings. The summed E-state index contributed by atoms with van der Waals surface area (Å²) >= 11 is 4.75. The summed E-state index contributed by atoms with van der Waals surface area (Å²) in [6.07, 6.45) is 6.80. The maximum Gasteiger partial charge on any atom is 0.184 e. The molecule has 0 bridgehead atoms. The van der Waals surface area contributed by atoms with Gasteiger partial charge in [-0.1, -0.05) is 0 Å².